The van der Waals surface area contributed by atoms with Crippen LogP contribution in [0.1, 0.15) is 67.6 Å². The van der Waals surface area contributed by atoms with Crippen molar-refractivity contribution in [2.75, 3.05) is 5.32 Å². The lowest BCUT2D eigenvalue weighted by Crippen LogP contribution is -2.16. The Morgan fingerprint density at radius 3 is 2.70 bits per heavy atom. The van der Waals surface area contributed by atoms with E-state index in [0.29, 0.717) is 22.7 Å². The summed E-state index contributed by atoms with van der Waals surface area (Å²) in [5.74, 6) is 2.01. The molecule has 0 radical (unpaired) electrons. The van der Waals surface area contributed by atoms with E-state index in [1.807, 2.05) is 37.3 Å². The maximum atomic E-state index is 13.6. The molecule has 33 heavy (non-hydrogen) atoms. The Hall–Kier alpha value is -3.55. The van der Waals surface area contributed by atoms with Gasteiger partial charge in [-0.3, -0.25) is 4.79 Å². The third-order valence-corrected chi connectivity index (χ3v) is 6.02. The van der Waals surface area contributed by atoms with Crippen LogP contribution in [-0.4, -0.2) is 35.2 Å². The second-order valence-electron chi connectivity index (χ2n) is 9.69. The van der Waals surface area contributed by atoms with Crippen molar-refractivity contribution in [1.29, 1.82) is 0 Å². The zero-order chi connectivity index (χ0) is 23.2. The van der Waals surface area contributed by atoms with Crippen LogP contribution in [0.3, 0.4) is 0 Å². The average Bonchev–Trinajstić information content (AvgIpc) is 3.27. The van der Waals surface area contributed by atoms with E-state index in [1.54, 1.807) is 10.9 Å². The van der Waals surface area contributed by atoms with Crippen LogP contribution < -0.4 is 5.32 Å². The Morgan fingerprint density at radius 1 is 1.09 bits per heavy atom. The first-order valence-electron chi connectivity index (χ1n) is 11.5. The summed E-state index contributed by atoms with van der Waals surface area (Å²) in [5.41, 5.74) is 3.48. The fraction of sp³-hybridized carbons (Fsp3) is 0.400. The maximum Gasteiger partial charge on any atom is 0.259 e. The Morgan fingerprint density at radius 2 is 1.94 bits per heavy atom. The fourth-order valence-electron chi connectivity index (χ4n) is 4.26. The normalized spacial score (nSPS) is 14.2. The minimum absolute atomic E-state index is 0.179. The number of hydrogen-bond donors (Lipinski definition) is 1. The number of rotatable bonds is 3. The van der Waals surface area contributed by atoms with Gasteiger partial charge in [-0.05, 0) is 38.0 Å². The van der Waals surface area contributed by atoms with Gasteiger partial charge in [0.15, 0.2) is 11.5 Å². The molecule has 5 rings (SSSR count). The van der Waals surface area contributed by atoms with E-state index in [4.69, 9.17) is 15.1 Å². The standard InChI is InChI=1S/C25H29N7O/c1-16-14-17(22-23(27-16)31-13-9-5-6-11-20(31)28-22)24(33)29-21-15-18(25(2,3)4)30-32(21)19-10-7-8-12-26-19/h7-8,10,12,14-15H,5-6,9,11,13H2,1-4H3,(H,29,33). The van der Waals surface area contributed by atoms with E-state index in [2.05, 4.69) is 35.6 Å². The largest absolute Gasteiger partial charge is 0.313 e. The van der Waals surface area contributed by atoms with Crippen LogP contribution in [-0.2, 0) is 18.4 Å². The molecule has 0 saturated carbocycles. The number of nitrogens with zero attached hydrogens (tertiary/aromatic N) is 6. The molecule has 1 amide bonds. The molecule has 0 atom stereocenters. The Kier molecular flexibility index (Phi) is 5.23. The Balaban J connectivity index is 1.57. The van der Waals surface area contributed by atoms with Crippen LogP contribution in [0.2, 0.25) is 0 Å². The lowest BCUT2D eigenvalue weighted by Gasteiger charge is -2.13. The predicted octanol–water partition coefficient (Wildman–Crippen LogP) is 4.60. The molecule has 0 aromatic carbocycles. The summed E-state index contributed by atoms with van der Waals surface area (Å²) in [7, 11) is 0. The second kappa shape index (κ2) is 8.10. The molecular formula is C25H29N7O. The number of imidazole rings is 1. The predicted molar refractivity (Wildman–Crippen MR) is 128 cm³/mol. The van der Waals surface area contributed by atoms with Crippen molar-refractivity contribution in [3.8, 4) is 5.82 Å². The van der Waals surface area contributed by atoms with Gasteiger partial charge in [0.25, 0.3) is 5.91 Å². The average molecular weight is 444 g/mol. The van der Waals surface area contributed by atoms with Gasteiger partial charge in [0.05, 0.1) is 11.3 Å². The van der Waals surface area contributed by atoms with Crippen LogP contribution >= 0.6 is 0 Å². The molecular weight excluding hydrogens is 414 g/mol. The summed E-state index contributed by atoms with van der Waals surface area (Å²) in [6, 6.07) is 9.36. The van der Waals surface area contributed by atoms with Gasteiger partial charge in [0.1, 0.15) is 17.2 Å². The van der Waals surface area contributed by atoms with E-state index >= 15 is 0 Å². The molecule has 1 aliphatic heterocycles. The van der Waals surface area contributed by atoms with Gasteiger partial charge >= 0.3 is 0 Å². The number of hydrogen-bond acceptors (Lipinski definition) is 5. The van der Waals surface area contributed by atoms with Gasteiger partial charge in [0.2, 0.25) is 0 Å². The van der Waals surface area contributed by atoms with Gasteiger partial charge in [-0.15, -0.1) is 0 Å². The third-order valence-electron chi connectivity index (χ3n) is 6.02. The topological polar surface area (TPSA) is 90.5 Å². The number of nitrogens with one attached hydrogen (secondary N) is 1. The molecule has 0 unspecified atom stereocenters. The van der Waals surface area contributed by atoms with Gasteiger partial charge in [0, 0.05) is 36.3 Å². The summed E-state index contributed by atoms with van der Waals surface area (Å²) < 4.78 is 3.87. The number of carbonyl (C=O) groups excluding carboxylic acids is 1. The highest BCUT2D eigenvalue weighted by Crippen LogP contribution is 2.28. The van der Waals surface area contributed by atoms with Crippen molar-refractivity contribution >= 4 is 22.9 Å². The lowest BCUT2D eigenvalue weighted by molar-refractivity contribution is 0.102. The van der Waals surface area contributed by atoms with Crippen LogP contribution in [0.5, 0.6) is 0 Å². The summed E-state index contributed by atoms with van der Waals surface area (Å²) in [4.78, 5) is 27.6. The lowest BCUT2D eigenvalue weighted by atomic mass is 9.92. The summed E-state index contributed by atoms with van der Waals surface area (Å²) in [5, 5.41) is 7.82. The Bertz CT molecular complexity index is 1330. The van der Waals surface area contributed by atoms with Crippen LogP contribution in [0.25, 0.3) is 17.0 Å². The number of anilines is 1. The van der Waals surface area contributed by atoms with Gasteiger partial charge < -0.3 is 9.88 Å². The Labute approximate surface area is 193 Å². The first-order valence-corrected chi connectivity index (χ1v) is 11.5. The van der Waals surface area contributed by atoms with Crippen molar-refractivity contribution in [1.82, 2.24) is 29.3 Å². The molecule has 8 nitrogen and oxygen atoms in total. The number of amides is 1. The number of aromatic nitrogens is 6. The highest BCUT2D eigenvalue weighted by molar-refractivity contribution is 6.11. The molecule has 4 aromatic heterocycles. The third kappa shape index (κ3) is 4.01. The monoisotopic (exact) mass is 443 g/mol. The van der Waals surface area contributed by atoms with E-state index in [-0.39, 0.29) is 11.3 Å². The van der Waals surface area contributed by atoms with Crippen LogP contribution in [0, 0.1) is 6.92 Å². The minimum atomic E-state index is -0.226. The van der Waals surface area contributed by atoms with Crippen molar-refractivity contribution in [2.45, 2.75) is 65.3 Å². The number of aryl methyl sites for hydroxylation is 3. The second-order valence-corrected chi connectivity index (χ2v) is 9.69. The van der Waals surface area contributed by atoms with Crippen LogP contribution in [0.4, 0.5) is 5.82 Å². The molecule has 170 valence electrons. The van der Waals surface area contributed by atoms with E-state index in [0.717, 1.165) is 48.7 Å². The minimum Gasteiger partial charge on any atom is -0.313 e. The molecule has 0 aliphatic carbocycles. The number of fused-ring (bicyclic) bond motifs is 3. The fourth-order valence-corrected chi connectivity index (χ4v) is 4.26. The number of carbonyl (C=O) groups is 1. The summed E-state index contributed by atoms with van der Waals surface area (Å²) in [6.45, 7) is 9.10. The van der Waals surface area contributed by atoms with Crippen LogP contribution in [0.15, 0.2) is 36.5 Å². The SMILES string of the molecule is Cc1cc(C(=O)Nc2cc(C(C)(C)C)nn2-c2ccccn2)c2nc3n(c2n1)CCCCC3. The first kappa shape index (κ1) is 21.3. The van der Waals surface area contributed by atoms with E-state index < -0.39 is 0 Å². The zero-order valence-corrected chi connectivity index (χ0v) is 19.6. The van der Waals surface area contributed by atoms with Gasteiger partial charge in [-0.1, -0.05) is 33.3 Å². The molecule has 8 heteroatoms. The highest BCUT2D eigenvalue weighted by Gasteiger charge is 2.24. The number of pyridine rings is 2. The first-order chi connectivity index (χ1) is 15.8. The van der Waals surface area contributed by atoms with Gasteiger partial charge in [-0.25, -0.2) is 15.0 Å². The summed E-state index contributed by atoms with van der Waals surface area (Å²) in [6.07, 6.45) is 6.04. The molecule has 0 fully saturated rings. The molecule has 0 spiro atoms. The van der Waals surface area contributed by atoms with Gasteiger partial charge in [-0.2, -0.15) is 9.78 Å². The molecule has 0 bridgehead atoms. The molecule has 1 aliphatic rings. The van der Waals surface area contributed by atoms with Crippen molar-refractivity contribution in [3.63, 3.8) is 0 Å². The van der Waals surface area contributed by atoms with Crippen molar-refractivity contribution in [3.05, 3.63) is 59.3 Å². The molecule has 1 N–H and O–H groups in total. The van der Waals surface area contributed by atoms with E-state index in [9.17, 15) is 4.79 Å². The zero-order valence-electron chi connectivity index (χ0n) is 19.6. The van der Waals surface area contributed by atoms with Crippen molar-refractivity contribution in [2.24, 2.45) is 0 Å². The molecule has 5 heterocycles. The highest BCUT2D eigenvalue weighted by atomic mass is 16.1. The quantitative estimate of drug-likeness (QED) is 0.500. The van der Waals surface area contributed by atoms with Crippen molar-refractivity contribution < 1.29 is 4.79 Å². The molecule has 4 aromatic rings. The molecule has 0 saturated heterocycles. The smallest absolute Gasteiger partial charge is 0.259 e. The summed E-state index contributed by atoms with van der Waals surface area (Å²) >= 11 is 0. The maximum absolute atomic E-state index is 13.6. The van der Waals surface area contributed by atoms with E-state index in [1.165, 1.54) is 6.42 Å².